The summed E-state index contributed by atoms with van der Waals surface area (Å²) in [7, 11) is 0. The zero-order valence-corrected chi connectivity index (χ0v) is 16.1. The van der Waals surface area contributed by atoms with E-state index in [0.717, 1.165) is 16.5 Å². The molecule has 3 aromatic carbocycles. The van der Waals surface area contributed by atoms with Crippen LogP contribution in [0, 0.1) is 6.92 Å². The fraction of sp³-hybridized carbons (Fsp3) is 0.130. The van der Waals surface area contributed by atoms with Gasteiger partial charge in [-0.05, 0) is 19.1 Å². The third kappa shape index (κ3) is 3.44. The summed E-state index contributed by atoms with van der Waals surface area (Å²) < 4.78 is 1.32. The standard InChI is InChI=1S/C23H19ClN2O2/c1-15-10-12-16(13-11-15)22-17-6-2-3-7-18(17)23(28)26(25-22)14-21(27)19-8-4-5-9-20(19)24/h2-13,21,27H,14H2,1H3. The lowest BCUT2D eigenvalue weighted by Crippen LogP contribution is -2.26. The lowest BCUT2D eigenvalue weighted by atomic mass is 10.0. The van der Waals surface area contributed by atoms with Crippen molar-refractivity contribution >= 4 is 22.4 Å². The second kappa shape index (κ2) is 7.58. The van der Waals surface area contributed by atoms with E-state index in [4.69, 9.17) is 11.6 Å². The predicted octanol–water partition coefficient (Wildman–Crippen LogP) is 4.76. The molecule has 1 unspecified atom stereocenters. The monoisotopic (exact) mass is 390 g/mol. The molecule has 4 rings (SSSR count). The molecule has 0 radical (unpaired) electrons. The average molecular weight is 391 g/mol. The maximum Gasteiger partial charge on any atom is 0.274 e. The third-order valence-electron chi connectivity index (χ3n) is 4.80. The highest BCUT2D eigenvalue weighted by Gasteiger charge is 2.17. The molecule has 0 amide bonds. The van der Waals surface area contributed by atoms with E-state index in [1.54, 1.807) is 30.3 Å². The maximum atomic E-state index is 13.0. The van der Waals surface area contributed by atoms with Crippen LogP contribution in [-0.2, 0) is 6.54 Å². The summed E-state index contributed by atoms with van der Waals surface area (Å²) in [5.41, 5.74) is 3.11. The Bertz CT molecular complexity index is 1200. The van der Waals surface area contributed by atoms with Gasteiger partial charge in [0.1, 0.15) is 6.10 Å². The van der Waals surface area contributed by atoms with E-state index in [1.807, 2.05) is 49.4 Å². The van der Waals surface area contributed by atoms with Crippen LogP contribution in [0.1, 0.15) is 17.2 Å². The van der Waals surface area contributed by atoms with Gasteiger partial charge in [0.05, 0.1) is 17.6 Å². The minimum atomic E-state index is -0.939. The van der Waals surface area contributed by atoms with E-state index in [2.05, 4.69) is 5.10 Å². The molecule has 0 aliphatic carbocycles. The number of aliphatic hydroxyl groups excluding tert-OH is 1. The van der Waals surface area contributed by atoms with Gasteiger partial charge in [0.2, 0.25) is 0 Å². The average Bonchev–Trinajstić information content (AvgIpc) is 2.71. The summed E-state index contributed by atoms with van der Waals surface area (Å²) in [6, 6.07) is 22.5. The van der Waals surface area contributed by atoms with Crippen molar-refractivity contribution in [2.45, 2.75) is 19.6 Å². The molecule has 0 fully saturated rings. The topological polar surface area (TPSA) is 55.1 Å². The molecule has 0 saturated carbocycles. The molecule has 4 nitrogen and oxygen atoms in total. The van der Waals surface area contributed by atoms with Crippen LogP contribution in [0.4, 0.5) is 0 Å². The molecule has 1 atom stereocenters. The number of hydrogen-bond donors (Lipinski definition) is 1. The number of benzene rings is 3. The van der Waals surface area contributed by atoms with Crippen LogP contribution < -0.4 is 5.56 Å². The second-order valence-corrected chi connectivity index (χ2v) is 7.19. The largest absolute Gasteiger partial charge is 0.386 e. The number of aryl methyl sites for hydroxylation is 1. The quantitative estimate of drug-likeness (QED) is 0.546. The molecule has 140 valence electrons. The zero-order valence-electron chi connectivity index (χ0n) is 15.3. The number of rotatable bonds is 4. The molecule has 0 spiro atoms. The summed E-state index contributed by atoms with van der Waals surface area (Å²) in [6.45, 7) is 2.04. The number of aliphatic hydroxyl groups is 1. The van der Waals surface area contributed by atoms with Gasteiger partial charge in [0, 0.05) is 21.5 Å². The van der Waals surface area contributed by atoms with Crippen LogP contribution >= 0.6 is 11.6 Å². The van der Waals surface area contributed by atoms with Crippen molar-refractivity contribution in [2.75, 3.05) is 0 Å². The second-order valence-electron chi connectivity index (χ2n) is 6.78. The van der Waals surface area contributed by atoms with Crippen molar-refractivity contribution in [1.82, 2.24) is 9.78 Å². The Morgan fingerprint density at radius 2 is 1.61 bits per heavy atom. The smallest absolute Gasteiger partial charge is 0.274 e. The molecule has 1 heterocycles. The molecule has 0 aliphatic rings. The molecule has 1 N–H and O–H groups in total. The molecule has 4 aromatic rings. The number of hydrogen-bond acceptors (Lipinski definition) is 3. The fourth-order valence-corrected chi connectivity index (χ4v) is 3.55. The van der Waals surface area contributed by atoms with Crippen molar-refractivity contribution < 1.29 is 5.11 Å². The molecule has 28 heavy (non-hydrogen) atoms. The minimum Gasteiger partial charge on any atom is -0.386 e. The summed E-state index contributed by atoms with van der Waals surface area (Å²) in [4.78, 5) is 13.0. The Balaban J connectivity index is 1.85. The van der Waals surface area contributed by atoms with Gasteiger partial charge in [-0.25, -0.2) is 4.68 Å². The first-order valence-electron chi connectivity index (χ1n) is 9.04. The van der Waals surface area contributed by atoms with Crippen LogP contribution in [0.25, 0.3) is 22.0 Å². The Kier molecular flexibility index (Phi) is 4.99. The Hall–Kier alpha value is -2.95. The van der Waals surface area contributed by atoms with Crippen molar-refractivity contribution in [3.63, 3.8) is 0 Å². The van der Waals surface area contributed by atoms with Crippen LogP contribution in [-0.4, -0.2) is 14.9 Å². The zero-order chi connectivity index (χ0) is 19.7. The van der Waals surface area contributed by atoms with Gasteiger partial charge < -0.3 is 5.11 Å². The normalized spacial score (nSPS) is 12.2. The predicted molar refractivity (Wildman–Crippen MR) is 113 cm³/mol. The Morgan fingerprint density at radius 3 is 2.32 bits per heavy atom. The molecule has 5 heteroatoms. The maximum absolute atomic E-state index is 13.0. The van der Waals surface area contributed by atoms with Gasteiger partial charge >= 0.3 is 0 Å². The molecule has 0 saturated heterocycles. The Morgan fingerprint density at radius 1 is 0.964 bits per heavy atom. The minimum absolute atomic E-state index is 0.0201. The van der Waals surface area contributed by atoms with Crippen molar-refractivity contribution in [3.05, 3.63) is 99.3 Å². The van der Waals surface area contributed by atoms with E-state index in [-0.39, 0.29) is 12.1 Å². The van der Waals surface area contributed by atoms with Gasteiger partial charge in [0.25, 0.3) is 5.56 Å². The summed E-state index contributed by atoms with van der Waals surface area (Å²) in [5, 5.41) is 17.1. The SMILES string of the molecule is Cc1ccc(-c2nn(CC(O)c3ccccc3Cl)c(=O)c3ccccc23)cc1. The van der Waals surface area contributed by atoms with Gasteiger partial charge in [-0.2, -0.15) is 5.10 Å². The van der Waals surface area contributed by atoms with Crippen molar-refractivity contribution in [3.8, 4) is 11.3 Å². The van der Waals surface area contributed by atoms with Gasteiger partial charge in [-0.1, -0.05) is 77.8 Å². The van der Waals surface area contributed by atoms with E-state index >= 15 is 0 Å². The summed E-state index contributed by atoms with van der Waals surface area (Å²) in [5.74, 6) is 0. The summed E-state index contributed by atoms with van der Waals surface area (Å²) in [6.07, 6.45) is -0.939. The van der Waals surface area contributed by atoms with E-state index in [9.17, 15) is 9.90 Å². The highest BCUT2D eigenvalue weighted by Crippen LogP contribution is 2.27. The highest BCUT2D eigenvalue weighted by molar-refractivity contribution is 6.31. The lowest BCUT2D eigenvalue weighted by Gasteiger charge is -2.16. The van der Waals surface area contributed by atoms with Crippen LogP contribution in [0.15, 0.2) is 77.6 Å². The number of nitrogens with zero attached hydrogens (tertiary/aromatic N) is 2. The Labute approximate surface area is 167 Å². The van der Waals surface area contributed by atoms with Gasteiger partial charge in [-0.15, -0.1) is 0 Å². The first-order valence-corrected chi connectivity index (χ1v) is 9.42. The van der Waals surface area contributed by atoms with E-state index in [1.165, 1.54) is 4.68 Å². The first kappa shape index (κ1) is 18.4. The molecular weight excluding hydrogens is 372 g/mol. The number of halogens is 1. The van der Waals surface area contributed by atoms with Gasteiger partial charge in [0.15, 0.2) is 0 Å². The van der Waals surface area contributed by atoms with Gasteiger partial charge in [-0.3, -0.25) is 4.79 Å². The highest BCUT2D eigenvalue weighted by atomic mass is 35.5. The van der Waals surface area contributed by atoms with Crippen LogP contribution in [0.5, 0.6) is 0 Å². The molecular formula is C23H19ClN2O2. The third-order valence-corrected chi connectivity index (χ3v) is 5.15. The van der Waals surface area contributed by atoms with Crippen molar-refractivity contribution in [2.24, 2.45) is 0 Å². The van der Waals surface area contributed by atoms with Crippen LogP contribution in [0.3, 0.4) is 0 Å². The summed E-state index contributed by atoms with van der Waals surface area (Å²) >= 11 is 6.19. The number of fused-ring (bicyclic) bond motifs is 1. The van der Waals surface area contributed by atoms with E-state index in [0.29, 0.717) is 21.7 Å². The fourth-order valence-electron chi connectivity index (χ4n) is 3.29. The lowest BCUT2D eigenvalue weighted by molar-refractivity contribution is 0.150. The van der Waals surface area contributed by atoms with Crippen molar-refractivity contribution in [1.29, 1.82) is 0 Å². The number of aromatic nitrogens is 2. The molecule has 1 aromatic heterocycles. The first-order chi connectivity index (χ1) is 13.5. The molecule has 0 bridgehead atoms. The van der Waals surface area contributed by atoms with E-state index < -0.39 is 6.10 Å². The molecule has 0 aliphatic heterocycles. The van der Waals surface area contributed by atoms with Crippen LogP contribution in [0.2, 0.25) is 5.02 Å².